The van der Waals surface area contributed by atoms with Crippen LogP contribution in [0.4, 0.5) is 5.69 Å². The van der Waals surface area contributed by atoms with E-state index < -0.39 is 11.8 Å². The second-order valence-corrected chi connectivity index (χ2v) is 4.91. The molecular weight excluding hydrogens is 313 g/mol. The van der Waals surface area contributed by atoms with Crippen molar-refractivity contribution in [2.75, 3.05) is 11.9 Å². The molecule has 108 valence electrons. The highest BCUT2D eigenvalue weighted by molar-refractivity contribution is 6.36. The van der Waals surface area contributed by atoms with Crippen molar-refractivity contribution >= 4 is 40.7 Å². The molecule has 0 spiro atoms. The third-order valence-electron chi connectivity index (χ3n) is 2.51. The summed E-state index contributed by atoms with van der Waals surface area (Å²) in [6, 6.07) is 9.66. The van der Waals surface area contributed by atoms with Crippen LogP contribution in [-0.2, 0) is 4.79 Å². The summed E-state index contributed by atoms with van der Waals surface area (Å²) >= 11 is 11.7. The van der Waals surface area contributed by atoms with Crippen molar-refractivity contribution in [2.45, 2.75) is 0 Å². The van der Waals surface area contributed by atoms with Crippen LogP contribution in [0.15, 0.2) is 42.6 Å². The van der Waals surface area contributed by atoms with E-state index in [-0.39, 0.29) is 12.2 Å². The number of halogens is 2. The van der Waals surface area contributed by atoms with Gasteiger partial charge < -0.3 is 10.6 Å². The predicted octanol–water partition coefficient (Wildman–Crippen LogP) is 2.76. The lowest BCUT2D eigenvalue weighted by Crippen LogP contribution is -2.33. The van der Waals surface area contributed by atoms with Crippen LogP contribution in [0.5, 0.6) is 0 Å². The Balaban J connectivity index is 1.89. The van der Waals surface area contributed by atoms with Gasteiger partial charge in [0.15, 0.2) is 0 Å². The zero-order valence-corrected chi connectivity index (χ0v) is 12.3. The maximum Gasteiger partial charge on any atom is 0.270 e. The molecule has 0 saturated carbocycles. The summed E-state index contributed by atoms with van der Waals surface area (Å²) in [5.41, 5.74) is 0.674. The zero-order chi connectivity index (χ0) is 15.2. The quantitative estimate of drug-likeness (QED) is 0.908. The number of rotatable bonds is 4. The third-order valence-corrected chi connectivity index (χ3v) is 3.06. The van der Waals surface area contributed by atoms with E-state index in [1.807, 2.05) is 0 Å². The minimum atomic E-state index is -0.423. The molecule has 0 aliphatic heterocycles. The van der Waals surface area contributed by atoms with Gasteiger partial charge in [-0.3, -0.25) is 14.6 Å². The number of nitrogens with one attached hydrogen (secondary N) is 2. The molecule has 0 aliphatic carbocycles. The minimum absolute atomic E-state index is 0.186. The second kappa shape index (κ2) is 7.06. The molecule has 0 radical (unpaired) electrons. The maximum atomic E-state index is 11.7. The standard InChI is InChI=1S/C14H11Cl2N3O2/c15-9-4-5-11(10(16)7-9)19-13(20)8-18-14(21)12-3-1-2-6-17-12/h1-7H,8H2,(H,18,21)(H,19,20). The Labute approximate surface area is 131 Å². The Morgan fingerprint density at radius 2 is 1.95 bits per heavy atom. The monoisotopic (exact) mass is 323 g/mol. The van der Waals surface area contributed by atoms with Crippen LogP contribution in [0.2, 0.25) is 10.0 Å². The summed E-state index contributed by atoms with van der Waals surface area (Å²) in [6.07, 6.45) is 1.50. The molecule has 0 unspecified atom stereocenters. The van der Waals surface area contributed by atoms with Crippen molar-refractivity contribution in [3.8, 4) is 0 Å². The first-order valence-corrected chi connectivity index (χ1v) is 6.76. The van der Waals surface area contributed by atoms with Gasteiger partial charge in [-0.05, 0) is 30.3 Å². The Hall–Kier alpha value is -2.11. The molecule has 21 heavy (non-hydrogen) atoms. The number of carbonyl (C=O) groups is 2. The van der Waals surface area contributed by atoms with Gasteiger partial charge in [-0.2, -0.15) is 0 Å². The number of nitrogens with zero attached hydrogens (tertiary/aromatic N) is 1. The Kier molecular flexibility index (Phi) is 5.14. The maximum absolute atomic E-state index is 11.7. The van der Waals surface area contributed by atoms with E-state index in [0.717, 1.165) is 0 Å². The van der Waals surface area contributed by atoms with Crippen LogP contribution in [0, 0.1) is 0 Å². The largest absolute Gasteiger partial charge is 0.342 e. The van der Waals surface area contributed by atoms with E-state index in [2.05, 4.69) is 15.6 Å². The Morgan fingerprint density at radius 1 is 1.14 bits per heavy atom. The normalized spacial score (nSPS) is 10.0. The fraction of sp³-hybridized carbons (Fsp3) is 0.0714. The molecule has 0 atom stereocenters. The predicted molar refractivity (Wildman–Crippen MR) is 81.7 cm³/mol. The van der Waals surface area contributed by atoms with Gasteiger partial charge in [-0.25, -0.2) is 0 Å². The van der Waals surface area contributed by atoms with Gasteiger partial charge in [0.05, 0.1) is 17.3 Å². The minimum Gasteiger partial charge on any atom is -0.342 e. The SMILES string of the molecule is O=C(CNC(=O)c1ccccn1)Nc1ccc(Cl)cc1Cl. The van der Waals surface area contributed by atoms with E-state index in [1.54, 1.807) is 30.3 Å². The first-order valence-electron chi connectivity index (χ1n) is 6.00. The highest BCUT2D eigenvalue weighted by atomic mass is 35.5. The summed E-state index contributed by atoms with van der Waals surface area (Å²) in [6.45, 7) is -0.186. The molecule has 2 rings (SSSR count). The average molecular weight is 324 g/mol. The van der Waals surface area contributed by atoms with Crippen LogP contribution >= 0.6 is 23.2 Å². The molecule has 0 saturated heterocycles. The number of amides is 2. The van der Waals surface area contributed by atoms with Gasteiger partial charge in [-0.1, -0.05) is 29.3 Å². The van der Waals surface area contributed by atoms with Gasteiger partial charge in [0.2, 0.25) is 5.91 Å². The topological polar surface area (TPSA) is 71.1 Å². The molecule has 0 fully saturated rings. The summed E-state index contributed by atoms with van der Waals surface area (Å²) in [5.74, 6) is -0.823. The van der Waals surface area contributed by atoms with Crippen molar-refractivity contribution in [3.05, 3.63) is 58.3 Å². The number of hydrogen-bond donors (Lipinski definition) is 2. The Bertz CT molecular complexity index is 663. The third kappa shape index (κ3) is 4.44. The second-order valence-electron chi connectivity index (χ2n) is 4.07. The van der Waals surface area contributed by atoms with Crippen molar-refractivity contribution in [1.29, 1.82) is 0 Å². The smallest absolute Gasteiger partial charge is 0.270 e. The first-order chi connectivity index (χ1) is 10.1. The fourth-order valence-electron chi connectivity index (χ4n) is 1.53. The lowest BCUT2D eigenvalue weighted by molar-refractivity contribution is -0.115. The van der Waals surface area contributed by atoms with Gasteiger partial charge in [0.1, 0.15) is 5.69 Å². The molecule has 1 aromatic heterocycles. The molecular formula is C14H11Cl2N3O2. The highest BCUT2D eigenvalue weighted by Crippen LogP contribution is 2.25. The Morgan fingerprint density at radius 3 is 2.62 bits per heavy atom. The molecule has 0 aliphatic rings. The molecule has 2 N–H and O–H groups in total. The number of pyridine rings is 1. The number of carbonyl (C=O) groups excluding carboxylic acids is 2. The van der Waals surface area contributed by atoms with Crippen molar-refractivity contribution in [1.82, 2.24) is 10.3 Å². The number of hydrogen-bond acceptors (Lipinski definition) is 3. The van der Waals surface area contributed by atoms with Crippen LogP contribution in [0.25, 0.3) is 0 Å². The van der Waals surface area contributed by atoms with E-state index in [1.165, 1.54) is 12.3 Å². The van der Waals surface area contributed by atoms with Crippen LogP contribution in [0.3, 0.4) is 0 Å². The van der Waals surface area contributed by atoms with Gasteiger partial charge in [0.25, 0.3) is 5.91 Å². The molecule has 5 nitrogen and oxygen atoms in total. The van der Waals surface area contributed by atoms with Crippen LogP contribution < -0.4 is 10.6 Å². The van der Waals surface area contributed by atoms with E-state index in [9.17, 15) is 9.59 Å². The molecule has 2 amide bonds. The molecule has 2 aromatic rings. The summed E-state index contributed by atoms with van der Waals surface area (Å²) in [5, 5.41) is 5.85. The number of anilines is 1. The lowest BCUT2D eigenvalue weighted by atomic mass is 10.3. The summed E-state index contributed by atoms with van der Waals surface area (Å²) in [4.78, 5) is 27.3. The van der Waals surface area contributed by atoms with Crippen molar-refractivity contribution in [3.63, 3.8) is 0 Å². The lowest BCUT2D eigenvalue weighted by Gasteiger charge is -2.08. The highest BCUT2D eigenvalue weighted by Gasteiger charge is 2.10. The number of benzene rings is 1. The van der Waals surface area contributed by atoms with E-state index >= 15 is 0 Å². The van der Waals surface area contributed by atoms with Crippen LogP contribution in [-0.4, -0.2) is 23.3 Å². The van der Waals surface area contributed by atoms with Crippen LogP contribution in [0.1, 0.15) is 10.5 Å². The number of aromatic nitrogens is 1. The zero-order valence-electron chi connectivity index (χ0n) is 10.8. The first kappa shape index (κ1) is 15.3. The van der Waals surface area contributed by atoms with Gasteiger partial charge in [0, 0.05) is 11.2 Å². The average Bonchev–Trinajstić information content (AvgIpc) is 2.48. The van der Waals surface area contributed by atoms with E-state index in [4.69, 9.17) is 23.2 Å². The van der Waals surface area contributed by atoms with Gasteiger partial charge >= 0.3 is 0 Å². The summed E-state index contributed by atoms with van der Waals surface area (Å²) < 4.78 is 0. The molecule has 1 aromatic carbocycles. The molecule has 1 heterocycles. The fourth-order valence-corrected chi connectivity index (χ4v) is 1.99. The van der Waals surface area contributed by atoms with Crippen molar-refractivity contribution in [2.24, 2.45) is 0 Å². The van der Waals surface area contributed by atoms with E-state index in [0.29, 0.717) is 15.7 Å². The van der Waals surface area contributed by atoms with Crippen molar-refractivity contribution < 1.29 is 9.59 Å². The van der Waals surface area contributed by atoms with Gasteiger partial charge in [-0.15, -0.1) is 0 Å². The summed E-state index contributed by atoms with van der Waals surface area (Å²) in [7, 11) is 0. The molecule has 0 bridgehead atoms. The molecule has 7 heteroatoms.